The number of fused-ring (bicyclic) bond motifs is 1. The molecule has 1 atom stereocenters. The van der Waals surface area contributed by atoms with E-state index >= 15 is 0 Å². The molecule has 0 bridgehead atoms. The molecule has 156 valence electrons. The summed E-state index contributed by atoms with van der Waals surface area (Å²) in [6, 6.07) is 10.4. The number of H-pyrrole nitrogens is 1. The largest absolute Gasteiger partial charge is 0.507 e. The molecule has 8 heteroatoms. The van der Waals surface area contributed by atoms with Gasteiger partial charge >= 0.3 is 0 Å². The Hall–Kier alpha value is -3.03. The Morgan fingerprint density at radius 1 is 1.23 bits per heavy atom. The first kappa shape index (κ1) is 20.3. The number of rotatable bonds is 6. The van der Waals surface area contributed by atoms with Crippen molar-refractivity contribution in [1.82, 2.24) is 15.1 Å². The van der Waals surface area contributed by atoms with Crippen LogP contribution in [-0.2, 0) is 4.74 Å². The van der Waals surface area contributed by atoms with Gasteiger partial charge in [-0.1, -0.05) is 23.7 Å². The van der Waals surface area contributed by atoms with Gasteiger partial charge in [0.05, 0.1) is 19.8 Å². The van der Waals surface area contributed by atoms with Gasteiger partial charge in [0.25, 0.3) is 5.91 Å². The van der Waals surface area contributed by atoms with Crippen molar-refractivity contribution in [3.8, 4) is 22.8 Å². The zero-order chi connectivity index (χ0) is 21.4. The van der Waals surface area contributed by atoms with Crippen LogP contribution >= 0.6 is 11.6 Å². The lowest BCUT2D eigenvalue weighted by Crippen LogP contribution is -2.32. The monoisotopic (exact) mass is 427 g/mol. The topological polar surface area (TPSA) is 87.7 Å². The molecule has 2 N–H and O–H groups in total. The molecule has 0 saturated heterocycles. The minimum atomic E-state index is -0.387. The summed E-state index contributed by atoms with van der Waals surface area (Å²) in [4.78, 5) is 14.9. The molecule has 7 nitrogen and oxygen atoms in total. The van der Waals surface area contributed by atoms with Gasteiger partial charge in [-0.25, -0.2) is 0 Å². The number of aromatic nitrogens is 2. The van der Waals surface area contributed by atoms with Gasteiger partial charge in [0.15, 0.2) is 0 Å². The lowest BCUT2D eigenvalue weighted by atomic mass is 9.95. The number of amides is 1. The number of aromatic amines is 1. The van der Waals surface area contributed by atoms with Crippen molar-refractivity contribution in [3.05, 3.63) is 63.8 Å². The zero-order valence-electron chi connectivity index (χ0n) is 16.9. The van der Waals surface area contributed by atoms with Crippen molar-refractivity contribution in [2.75, 3.05) is 27.4 Å². The summed E-state index contributed by atoms with van der Waals surface area (Å²) in [6.45, 7) is 2.62. The molecule has 1 aliphatic heterocycles. The first-order chi connectivity index (χ1) is 14.5. The third-order valence-corrected chi connectivity index (χ3v) is 5.77. The predicted molar refractivity (Wildman–Crippen MR) is 113 cm³/mol. The molecule has 0 radical (unpaired) electrons. The number of phenols is 1. The van der Waals surface area contributed by atoms with Gasteiger partial charge < -0.3 is 19.5 Å². The van der Waals surface area contributed by atoms with Crippen LogP contribution in [0.1, 0.15) is 33.2 Å². The molecule has 0 saturated carbocycles. The highest BCUT2D eigenvalue weighted by molar-refractivity contribution is 6.31. The third kappa shape index (κ3) is 3.30. The number of aryl methyl sites for hydroxylation is 1. The smallest absolute Gasteiger partial charge is 0.273 e. The number of ether oxygens (including phenoxy) is 2. The number of nitrogens with zero attached hydrogens (tertiary/aromatic N) is 2. The molecule has 0 fully saturated rings. The van der Waals surface area contributed by atoms with Gasteiger partial charge in [-0.2, -0.15) is 5.10 Å². The first-order valence-corrected chi connectivity index (χ1v) is 9.85. The van der Waals surface area contributed by atoms with Crippen molar-refractivity contribution < 1.29 is 19.4 Å². The molecule has 1 aromatic heterocycles. The van der Waals surface area contributed by atoms with E-state index in [1.54, 1.807) is 31.3 Å². The van der Waals surface area contributed by atoms with E-state index in [2.05, 4.69) is 10.2 Å². The van der Waals surface area contributed by atoms with E-state index in [1.807, 2.05) is 31.2 Å². The molecule has 1 unspecified atom stereocenters. The average Bonchev–Trinajstić information content (AvgIpc) is 3.28. The molecule has 2 aromatic carbocycles. The Morgan fingerprint density at radius 3 is 2.63 bits per heavy atom. The number of phenolic OH excluding ortho intramolecular Hbond substituents is 1. The summed E-state index contributed by atoms with van der Waals surface area (Å²) >= 11 is 6.31. The van der Waals surface area contributed by atoms with E-state index in [9.17, 15) is 9.90 Å². The zero-order valence-corrected chi connectivity index (χ0v) is 17.7. The van der Waals surface area contributed by atoms with Gasteiger partial charge in [0, 0.05) is 29.8 Å². The summed E-state index contributed by atoms with van der Waals surface area (Å²) in [5.74, 6) is 0.615. The SMILES string of the molecule is COCCN1C(=O)c2[nH]nc(-c3cc(Cl)c(C)cc3O)c2C1c1ccc(OC)cc1. The van der Waals surface area contributed by atoms with Crippen molar-refractivity contribution in [1.29, 1.82) is 0 Å². The number of hydrogen-bond donors (Lipinski definition) is 2. The second-order valence-corrected chi connectivity index (χ2v) is 7.55. The summed E-state index contributed by atoms with van der Waals surface area (Å²) in [5, 5.41) is 18.3. The molecule has 0 spiro atoms. The van der Waals surface area contributed by atoms with Crippen LogP contribution in [-0.4, -0.2) is 53.5 Å². The predicted octanol–water partition coefficient (Wildman–Crippen LogP) is 3.94. The van der Waals surface area contributed by atoms with E-state index in [1.165, 1.54) is 0 Å². The van der Waals surface area contributed by atoms with Crippen LogP contribution < -0.4 is 4.74 Å². The van der Waals surface area contributed by atoms with Gasteiger partial charge in [-0.3, -0.25) is 9.89 Å². The lowest BCUT2D eigenvalue weighted by molar-refractivity contribution is 0.0677. The van der Waals surface area contributed by atoms with Crippen LogP contribution in [0.3, 0.4) is 0 Å². The van der Waals surface area contributed by atoms with Crippen LogP contribution in [0, 0.1) is 6.92 Å². The van der Waals surface area contributed by atoms with E-state index in [4.69, 9.17) is 21.1 Å². The molecular weight excluding hydrogens is 406 g/mol. The number of methoxy groups -OCH3 is 2. The van der Waals surface area contributed by atoms with Crippen molar-refractivity contribution in [2.24, 2.45) is 0 Å². The first-order valence-electron chi connectivity index (χ1n) is 9.47. The van der Waals surface area contributed by atoms with E-state index in [0.717, 1.165) is 16.9 Å². The lowest BCUT2D eigenvalue weighted by Gasteiger charge is -2.26. The van der Waals surface area contributed by atoms with Crippen LogP contribution in [0.2, 0.25) is 5.02 Å². The Labute approximate surface area is 179 Å². The second kappa shape index (κ2) is 8.01. The molecule has 2 heterocycles. The molecule has 1 aliphatic rings. The van der Waals surface area contributed by atoms with E-state index < -0.39 is 0 Å². The number of hydrogen-bond acceptors (Lipinski definition) is 5. The maximum atomic E-state index is 13.1. The normalized spacial score (nSPS) is 15.5. The van der Waals surface area contributed by atoms with Crippen LogP contribution in [0.5, 0.6) is 11.5 Å². The van der Waals surface area contributed by atoms with Crippen molar-refractivity contribution >= 4 is 17.5 Å². The number of carbonyl (C=O) groups excluding carboxylic acids is 1. The summed E-state index contributed by atoms with van der Waals surface area (Å²) in [7, 11) is 3.21. The number of carbonyl (C=O) groups is 1. The molecule has 0 aliphatic carbocycles. The highest BCUT2D eigenvalue weighted by atomic mass is 35.5. The fraction of sp³-hybridized carbons (Fsp3) is 0.273. The third-order valence-electron chi connectivity index (χ3n) is 5.36. The minimum absolute atomic E-state index is 0.0578. The van der Waals surface area contributed by atoms with Crippen LogP contribution in [0.25, 0.3) is 11.3 Å². The van der Waals surface area contributed by atoms with Gasteiger partial charge in [-0.15, -0.1) is 0 Å². The maximum absolute atomic E-state index is 13.1. The Bertz CT molecular complexity index is 1090. The Morgan fingerprint density at radius 2 is 1.97 bits per heavy atom. The Kier molecular flexibility index (Phi) is 5.40. The average molecular weight is 428 g/mol. The van der Waals surface area contributed by atoms with Gasteiger partial charge in [0.2, 0.25) is 0 Å². The highest BCUT2D eigenvalue weighted by Gasteiger charge is 2.42. The maximum Gasteiger partial charge on any atom is 0.273 e. The summed E-state index contributed by atoms with van der Waals surface area (Å²) in [6.07, 6.45) is 0. The summed E-state index contributed by atoms with van der Waals surface area (Å²) in [5.41, 5.74) is 3.74. The van der Waals surface area contributed by atoms with Crippen molar-refractivity contribution in [2.45, 2.75) is 13.0 Å². The Balaban J connectivity index is 1.88. The quantitative estimate of drug-likeness (QED) is 0.622. The molecular formula is C22H22ClN3O4. The molecule has 1 amide bonds. The molecule has 30 heavy (non-hydrogen) atoms. The van der Waals surface area contributed by atoms with Crippen LogP contribution in [0.15, 0.2) is 36.4 Å². The van der Waals surface area contributed by atoms with Crippen molar-refractivity contribution in [3.63, 3.8) is 0 Å². The fourth-order valence-electron chi connectivity index (χ4n) is 3.81. The van der Waals surface area contributed by atoms with E-state index in [-0.39, 0.29) is 17.7 Å². The van der Waals surface area contributed by atoms with Gasteiger partial charge in [-0.05, 0) is 42.3 Å². The van der Waals surface area contributed by atoms with Crippen LogP contribution in [0.4, 0.5) is 0 Å². The standard InChI is InChI=1S/C22H22ClN3O4/c1-12-10-17(27)15(11-16(12)23)19-18-20(25-24-19)22(28)26(8-9-29-2)21(18)13-4-6-14(30-3)7-5-13/h4-7,10-11,21,27H,8-9H2,1-3H3,(H,24,25). The molecule has 4 rings (SSSR count). The van der Waals surface area contributed by atoms with Gasteiger partial charge in [0.1, 0.15) is 22.9 Å². The number of halogens is 1. The van der Waals surface area contributed by atoms with E-state index in [0.29, 0.717) is 40.7 Å². The minimum Gasteiger partial charge on any atom is -0.507 e. The number of nitrogens with one attached hydrogen (secondary N) is 1. The number of benzene rings is 2. The second-order valence-electron chi connectivity index (χ2n) is 7.15. The fourth-order valence-corrected chi connectivity index (χ4v) is 3.97. The number of aromatic hydroxyl groups is 1. The summed E-state index contributed by atoms with van der Waals surface area (Å²) < 4.78 is 10.5. The molecule has 3 aromatic rings. The highest BCUT2D eigenvalue weighted by Crippen LogP contribution is 2.45.